The Balaban J connectivity index is 1.37. The third-order valence-electron chi connectivity index (χ3n) is 8.80. The number of aryl methyl sites for hydroxylation is 2. The summed E-state index contributed by atoms with van der Waals surface area (Å²) in [5, 5.41) is 18.5. The van der Waals surface area contributed by atoms with Gasteiger partial charge in [-0.15, -0.1) is 0 Å². The molecule has 0 amide bonds. The van der Waals surface area contributed by atoms with Crippen molar-refractivity contribution in [2.45, 2.75) is 76.9 Å². The van der Waals surface area contributed by atoms with E-state index in [1.165, 1.54) is 12.1 Å². The van der Waals surface area contributed by atoms with Crippen molar-refractivity contribution in [3.05, 3.63) is 118 Å². The lowest BCUT2D eigenvalue weighted by Gasteiger charge is -2.19. The van der Waals surface area contributed by atoms with Crippen LogP contribution in [0.3, 0.4) is 0 Å². The van der Waals surface area contributed by atoms with E-state index >= 15 is 0 Å². The first-order valence-corrected chi connectivity index (χ1v) is 18.1. The third-order valence-corrected chi connectivity index (χ3v) is 8.80. The van der Waals surface area contributed by atoms with E-state index in [2.05, 4.69) is 0 Å². The summed E-state index contributed by atoms with van der Waals surface area (Å²) in [4.78, 5) is 22.7. The van der Waals surface area contributed by atoms with Crippen LogP contribution in [0.4, 0.5) is 26.3 Å². The van der Waals surface area contributed by atoms with Gasteiger partial charge in [0, 0.05) is 26.1 Å². The van der Waals surface area contributed by atoms with E-state index in [9.17, 15) is 46.1 Å². The van der Waals surface area contributed by atoms with E-state index in [0.717, 1.165) is 35.4 Å². The minimum Gasteiger partial charge on any atom is -0.494 e. The number of alkyl halides is 6. The Kier molecular flexibility index (Phi) is 15.7. The molecule has 0 heterocycles. The van der Waals surface area contributed by atoms with Crippen LogP contribution in [0.5, 0.6) is 11.5 Å². The Hall–Kier alpha value is -5.08. The molecule has 8 nitrogen and oxygen atoms in total. The molecule has 4 aromatic carbocycles. The molecular formula is C42H44F6O8. The molecule has 0 spiro atoms. The average Bonchev–Trinajstić information content (AvgIpc) is 3.15. The number of hydrogen-bond acceptors (Lipinski definition) is 6. The number of carboxylic acids is 2. The molecule has 14 heteroatoms. The van der Waals surface area contributed by atoms with Crippen LogP contribution < -0.4 is 9.47 Å². The number of carboxylic acid groups (broad SMARTS) is 2. The van der Waals surface area contributed by atoms with E-state index < -0.39 is 58.8 Å². The fourth-order valence-electron chi connectivity index (χ4n) is 6.07. The van der Waals surface area contributed by atoms with Gasteiger partial charge in [0.25, 0.3) is 0 Å². The maximum absolute atomic E-state index is 14.3. The summed E-state index contributed by atoms with van der Waals surface area (Å²) in [5.74, 6) is -1.18. The van der Waals surface area contributed by atoms with Gasteiger partial charge < -0.3 is 29.2 Å². The Morgan fingerprint density at radius 2 is 0.893 bits per heavy atom. The first kappa shape index (κ1) is 43.6. The number of halogens is 6. The Bertz CT molecular complexity index is 1740. The Morgan fingerprint density at radius 3 is 1.20 bits per heavy atom. The highest BCUT2D eigenvalue weighted by atomic mass is 19.4. The van der Waals surface area contributed by atoms with Gasteiger partial charge in [0.2, 0.25) is 0 Å². The fourth-order valence-corrected chi connectivity index (χ4v) is 6.07. The van der Waals surface area contributed by atoms with Crippen molar-refractivity contribution < 1.29 is 65.1 Å². The minimum atomic E-state index is -4.93. The highest BCUT2D eigenvalue weighted by molar-refractivity contribution is 5.74. The summed E-state index contributed by atoms with van der Waals surface area (Å²) in [5.41, 5.74) is -1.49. The van der Waals surface area contributed by atoms with Gasteiger partial charge in [-0.25, -0.2) is 9.59 Å². The molecule has 302 valence electrons. The molecule has 0 radical (unpaired) electrons. The van der Waals surface area contributed by atoms with E-state index in [4.69, 9.17) is 18.9 Å². The zero-order valence-electron chi connectivity index (χ0n) is 30.9. The molecule has 0 aromatic heterocycles. The number of carbonyl (C=O) groups is 2. The van der Waals surface area contributed by atoms with Crippen LogP contribution in [0.25, 0.3) is 11.1 Å². The maximum atomic E-state index is 14.3. The van der Waals surface area contributed by atoms with Crippen LogP contribution in [0.2, 0.25) is 0 Å². The highest BCUT2D eigenvalue weighted by Gasteiger charge is 2.38. The van der Waals surface area contributed by atoms with Crippen LogP contribution in [0.1, 0.15) is 60.1 Å². The molecule has 0 fully saturated rings. The molecule has 4 aromatic rings. The molecule has 0 aliphatic rings. The monoisotopic (exact) mass is 790 g/mol. The molecule has 0 saturated carbocycles. The van der Waals surface area contributed by atoms with Gasteiger partial charge in [-0.05, 0) is 109 Å². The number of rotatable bonds is 21. The van der Waals surface area contributed by atoms with Crippen molar-refractivity contribution in [3.63, 3.8) is 0 Å². The summed E-state index contributed by atoms with van der Waals surface area (Å²) in [6.45, 7) is 4.21. The highest BCUT2D eigenvalue weighted by Crippen LogP contribution is 2.43. The van der Waals surface area contributed by atoms with Gasteiger partial charge in [0.15, 0.2) is 12.2 Å². The third kappa shape index (κ3) is 13.0. The van der Waals surface area contributed by atoms with Crippen molar-refractivity contribution in [1.82, 2.24) is 0 Å². The normalized spacial score (nSPS) is 12.9. The summed E-state index contributed by atoms with van der Waals surface area (Å²) in [7, 11) is 0. The van der Waals surface area contributed by atoms with Crippen molar-refractivity contribution >= 4 is 11.9 Å². The lowest BCUT2D eigenvalue weighted by atomic mass is 9.91. The molecule has 56 heavy (non-hydrogen) atoms. The fraction of sp³-hybridized carbons (Fsp3) is 0.381. The zero-order chi connectivity index (χ0) is 40.9. The lowest BCUT2D eigenvalue weighted by molar-refractivity contribution is -0.150. The van der Waals surface area contributed by atoms with Gasteiger partial charge in [-0.1, -0.05) is 48.5 Å². The predicted octanol–water partition coefficient (Wildman–Crippen LogP) is 9.48. The van der Waals surface area contributed by atoms with Crippen molar-refractivity contribution in [1.29, 1.82) is 0 Å². The summed E-state index contributed by atoms with van der Waals surface area (Å²) in [6.07, 6.45) is -10.5. The first-order valence-electron chi connectivity index (χ1n) is 18.1. The van der Waals surface area contributed by atoms with Crippen molar-refractivity contribution in [2.75, 3.05) is 26.4 Å². The average molecular weight is 791 g/mol. The molecule has 0 aliphatic heterocycles. The van der Waals surface area contributed by atoms with Crippen molar-refractivity contribution in [2.24, 2.45) is 0 Å². The van der Waals surface area contributed by atoms with Crippen molar-refractivity contribution in [3.8, 4) is 22.6 Å². The zero-order valence-corrected chi connectivity index (χ0v) is 30.9. The van der Waals surface area contributed by atoms with E-state index in [0.29, 0.717) is 24.3 Å². The van der Waals surface area contributed by atoms with Crippen LogP contribution in [-0.4, -0.2) is 60.8 Å². The molecular weight excluding hydrogens is 746 g/mol. The number of ether oxygens (including phenoxy) is 4. The first-order chi connectivity index (χ1) is 26.6. The number of hydrogen-bond donors (Lipinski definition) is 2. The van der Waals surface area contributed by atoms with Gasteiger partial charge in [0.05, 0.1) is 24.3 Å². The van der Waals surface area contributed by atoms with Crippen LogP contribution in [-0.2, 0) is 57.1 Å². The summed E-state index contributed by atoms with van der Waals surface area (Å²) in [6, 6.07) is 20.1. The summed E-state index contributed by atoms with van der Waals surface area (Å²) < 4.78 is 108. The SMILES string of the molecule is CCOC(Cc1ccc(OCCCc2ccc(-c3ccc(CCCOc4ccc(C[C@H](OCC)C(=O)O)cc4)cc3C(F)(F)F)c(C(F)(F)F)c2)cc1)C(=O)O. The van der Waals surface area contributed by atoms with Crippen LogP contribution in [0, 0.1) is 0 Å². The van der Waals surface area contributed by atoms with Gasteiger partial charge in [-0.3, -0.25) is 0 Å². The van der Waals surface area contributed by atoms with Gasteiger partial charge >= 0.3 is 24.3 Å². The predicted molar refractivity (Wildman–Crippen MR) is 196 cm³/mol. The molecule has 0 aliphatic carbocycles. The second-order valence-electron chi connectivity index (χ2n) is 12.9. The van der Waals surface area contributed by atoms with E-state index in [1.54, 1.807) is 62.4 Å². The smallest absolute Gasteiger partial charge is 0.417 e. The van der Waals surface area contributed by atoms with Gasteiger partial charge in [-0.2, -0.15) is 26.3 Å². The van der Waals surface area contributed by atoms with Crippen LogP contribution in [0.15, 0.2) is 84.9 Å². The molecule has 0 saturated heterocycles. The molecule has 2 N–H and O–H groups in total. The number of aliphatic carboxylic acids is 2. The molecule has 4 rings (SSSR count). The maximum Gasteiger partial charge on any atom is 0.417 e. The summed E-state index contributed by atoms with van der Waals surface area (Å²) >= 11 is 0. The molecule has 2 atom stereocenters. The Morgan fingerprint density at radius 1 is 0.554 bits per heavy atom. The second-order valence-corrected chi connectivity index (χ2v) is 12.9. The lowest BCUT2D eigenvalue weighted by Crippen LogP contribution is -2.26. The second kappa shape index (κ2) is 20.2. The Labute approximate surface area is 321 Å². The van der Waals surface area contributed by atoms with Crippen LogP contribution >= 0.6 is 0 Å². The molecule has 1 unspecified atom stereocenters. The van der Waals surface area contributed by atoms with E-state index in [1.807, 2.05) is 0 Å². The number of benzene rings is 4. The quantitative estimate of drug-likeness (QED) is 0.0635. The van der Waals surface area contributed by atoms with Gasteiger partial charge in [0.1, 0.15) is 11.5 Å². The minimum absolute atomic E-state index is 0.153. The molecule has 0 bridgehead atoms. The standard InChI is InChI=1S/C42H44F6O8/c1-3-53-37(39(49)50)25-29-9-15-31(16-10-29)55-21-5-7-27-13-19-33(35(23-27)41(43,44)45)34-20-14-28(24-36(34)42(46,47)48)8-6-22-56-32-17-11-30(12-18-32)26-38(40(51)52)54-4-2/h9-20,23-24,37-38H,3-8,21-22,25-26H2,1-2H3,(H,49,50)(H,51,52)/t37-,38?/m0/s1. The topological polar surface area (TPSA) is 112 Å². The van der Waals surface area contributed by atoms with E-state index in [-0.39, 0.29) is 63.2 Å². The largest absolute Gasteiger partial charge is 0.494 e.